The van der Waals surface area contributed by atoms with E-state index in [9.17, 15) is 9.59 Å². The van der Waals surface area contributed by atoms with Crippen molar-refractivity contribution in [1.82, 2.24) is 15.1 Å². The Morgan fingerprint density at radius 3 is 2.85 bits per heavy atom. The summed E-state index contributed by atoms with van der Waals surface area (Å²) in [5, 5.41) is 2.91. The standard InChI is InChI=1S/C19H29N3O4/c1-14-5-7-21(8-6-14)13-16-3-4-17(26-16)19(24)20-15-11-18(23)22(12-15)9-10-25-2/h3-4,14-15H,5-13H2,1-2H3,(H,20,24). The highest BCUT2D eigenvalue weighted by atomic mass is 16.5. The van der Waals surface area contributed by atoms with Crippen molar-refractivity contribution < 1.29 is 18.7 Å². The van der Waals surface area contributed by atoms with Gasteiger partial charge in [0.1, 0.15) is 5.76 Å². The van der Waals surface area contributed by atoms with Crippen LogP contribution in [0.15, 0.2) is 16.5 Å². The molecule has 7 nitrogen and oxygen atoms in total. The first-order chi connectivity index (χ1) is 12.5. The molecule has 3 heterocycles. The molecule has 2 aliphatic heterocycles. The highest BCUT2D eigenvalue weighted by Crippen LogP contribution is 2.19. The third-order valence-electron chi connectivity index (χ3n) is 5.26. The molecule has 1 aromatic heterocycles. The fourth-order valence-electron chi connectivity index (χ4n) is 3.57. The molecular formula is C19H29N3O4. The number of methoxy groups -OCH3 is 1. The molecule has 2 amide bonds. The van der Waals surface area contributed by atoms with Crippen molar-refractivity contribution in [1.29, 1.82) is 0 Å². The van der Waals surface area contributed by atoms with Gasteiger partial charge in [0, 0.05) is 26.6 Å². The number of likely N-dealkylation sites (tertiary alicyclic amines) is 2. The van der Waals surface area contributed by atoms with Crippen LogP contribution in [-0.4, -0.2) is 67.6 Å². The third-order valence-corrected chi connectivity index (χ3v) is 5.26. The number of ether oxygens (including phenoxy) is 1. The van der Waals surface area contributed by atoms with E-state index < -0.39 is 0 Å². The molecule has 3 rings (SSSR count). The first-order valence-corrected chi connectivity index (χ1v) is 9.43. The maximum absolute atomic E-state index is 12.4. The zero-order chi connectivity index (χ0) is 18.5. The molecule has 0 radical (unpaired) electrons. The van der Waals surface area contributed by atoms with Gasteiger partial charge in [0.15, 0.2) is 5.76 Å². The van der Waals surface area contributed by atoms with E-state index in [1.807, 2.05) is 6.07 Å². The van der Waals surface area contributed by atoms with Gasteiger partial charge in [-0.25, -0.2) is 0 Å². The molecule has 0 aromatic carbocycles. The molecule has 1 atom stereocenters. The maximum atomic E-state index is 12.4. The summed E-state index contributed by atoms with van der Waals surface area (Å²) in [7, 11) is 1.61. The van der Waals surface area contributed by atoms with Gasteiger partial charge in [-0.05, 0) is 44.0 Å². The molecule has 144 valence electrons. The van der Waals surface area contributed by atoms with Crippen molar-refractivity contribution in [2.24, 2.45) is 5.92 Å². The molecular weight excluding hydrogens is 334 g/mol. The predicted octanol–water partition coefficient (Wildman–Crippen LogP) is 1.49. The number of hydrogen-bond donors (Lipinski definition) is 1. The summed E-state index contributed by atoms with van der Waals surface area (Å²) < 4.78 is 10.7. The summed E-state index contributed by atoms with van der Waals surface area (Å²) >= 11 is 0. The summed E-state index contributed by atoms with van der Waals surface area (Å²) in [5.41, 5.74) is 0. The molecule has 2 fully saturated rings. The van der Waals surface area contributed by atoms with Crippen LogP contribution in [0.2, 0.25) is 0 Å². The molecule has 0 saturated carbocycles. The minimum atomic E-state index is -0.255. The number of nitrogens with one attached hydrogen (secondary N) is 1. The Labute approximate surface area is 154 Å². The zero-order valence-corrected chi connectivity index (χ0v) is 15.7. The number of carbonyl (C=O) groups excluding carboxylic acids is 2. The van der Waals surface area contributed by atoms with Gasteiger partial charge in [-0.3, -0.25) is 14.5 Å². The van der Waals surface area contributed by atoms with E-state index in [0.717, 1.165) is 31.3 Å². The topological polar surface area (TPSA) is 75.0 Å². The van der Waals surface area contributed by atoms with Crippen molar-refractivity contribution in [3.63, 3.8) is 0 Å². The summed E-state index contributed by atoms with van der Waals surface area (Å²) in [4.78, 5) is 28.4. The van der Waals surface area contributed by atoms with Gasteiger partial charge in [-0.2, -0.15) is 0 Å². The van der Waals surface area contributed by atoms with Gasteiger partial charge in [0.05, 0.1) is 19.2 Å². The van der Waals surface area contributed by atoms with Gasteiger partial charge in [-0.15, -0.1) is 0 Å². The highest BCUT2D eigenvalue weighted by Gasteiger charge is 2.31. The lowest BCUT2D eigenvalue weighted by Gasteiger charge is -2.29. The Morgan fingerprint density at radius 1 is 1.35 bits per heavy atom. The van der Waals surface area contributed by atoms with Crippen LogP contribution in [0.1, 0.15) is 42.5 Å². The summed E-state index contributed by atoms with van der Waals surface area (Å²) in [5.74, 6) is 1.71. The summed E-state index contributed by atoms with van der Waals surface area (Å²) in [6.45, 7) is 6.76. The molecule has 0 aliphatic carbocycles. The lowest BCUT2D eigenvalue weighted by atomic mass is 9.99. The molecule has 0 bridgehead atoms. The number of rotatable bonds is 7. The van der Waals surface area contributed by atoms with Crippen LogP contribution >= 0.6 is 0 Å². The van der Waals surface area contributed by atoms with Crippen LogP contribution in [0, 0.1) is 5.92 Å². The average Bonchev–Trinajstić information content (AvgIpc) is 3.22. The lowest BCUT2D eigenvalue weighted by Crippen LogP contribution is -2.37. The molecule has 1 aromatic rings. The molecule has 2 saturated heterocycles. The van der Waals surface area contributed by atoms with Gasteiger partial charge in [0.2, 0.25) is 5.91 Å². The molecule has 1 N–H and O–H groups in total. The van der Waals surface area contributed by atoms with E-state index in [-0.39, 0.29) is 17.9 Å². The van der Waals surface area contributed by atoms with E-state index >= 15 is 0 Å². The van der Waals surface area contributed by atoms with Crippen LogP contribution in [0.4, 0.5) is 0 Å². The maximum Gasteiger partial charge on any atom is 0.287 e. The largest absolute Gasteiger partial charge is 0.455 e. The Hall–Kier alpha value is -1.86. The van der Waals surface area contributed by atoms with Crippen molar-refractivity contribution >= 4 is 11.8 Å². The number of hydrogen-bond acceptors (Lipinski definition) is 5. The van der Waals surface area contributed by atoms with Crippen LogP contribution in [0.3, 0.4) is 0 Å². The van der Waals surface area contributed by atoms with Crippen LogP contribution in [0.25, 0.3) is 0 Å². The van der Waals surface area contributed by atoms with E-state index in [1.54, 1.807) is 18.1 Å². The first kappa shape index (κ1) is 18.9. The Bertz CT molecular complexity index is 622. The quantitative estimate of drug-likeness (QED) is 0.794. The van der Waals surface area contributed by atoms with Crippen LogP contribution in [0.5, 0.6) is 0 Å². The van der Waals surface area contributed by atoms with E-state index in [2.05, 4.69) is 17.1 Å². The van der Waals surface area contributed by atoms with Crippen molar-refractivity contribution in [3.8, 4) is 0 Å². The number of carbonyl (C=O) groups is 2. The smallest absolute Gasteiger partial charge is 0.287 e. The van der Waals surface area contributed by atoms with Crippen molar-refractivity contribution in [2.75, 3.05) is 39.9 Å². The second-order valence-corrected chi connectivity index (χ2v) is 7.43. The second kappa shape index (κ2) is 8.68. The SMILES string of the molecule is COCCN1CC(NC(=O)c2ccc(CN3CCC(C)CC3)o2)CC1=O. The fraction of sp³-hybridized carbons (Fsp3) is 0.684. The Morgan fingerprint density at radius 2 is 2.12 bits per heavy atom. The van der Waals surface area contributed by atoms with Gasteiger partial charge in [0.25, 0.3) is 5.91 Å². The third kappa shape index (κ3) is 4.86. The van der Waals surface area contributed by atoms with E-state index in [1.165, 1.54) is 12.8 Å². The Kier molecular flexibility index (Phi) is 6.32. The monoisotopic (exact) mass is 363 g/mol. The molecule has 26 heavy (non-hydrogen) atoms. The lowest BCUT2D eigenvalue weighted by molar-refractivity contribution is -0.128. The van der Waals surface area contributed by atoms with Crippen LogP contribution in [-0.2, 0) is 16.1 Å². The molecule has 1 unspecified atom stereocenters. The van der Waals surface area contributed by atoms with Crippen molar-refractivity contribution in [3.05, 3.63) is 23.7 Å². The van der Waals surface area contributed by atoms with Crippen LogP contribution < -0.4 is 5.32 Å². The minimum absolute atomic E-state index is 0.0480. The van der Waals surface area contributed by atoms with Crippen molar-refractivity contribution in [2.45, 2.75) is 38.8 Å². The van der Waals surface area contributed by atoms with Gasteiger partial charge >= 0.3 is 0 Å². The normalized spacial score (nSPS) is 22.2. The van der Waals surface area contributed by atoms with Gasteiger partial charge < -0.3 is 19.4 Å². The first-order valence-electron chi connectivity index (χ1n) is 9.43. The predicted molar refractivity (Wildman–Crippen MR) is 96.7 cm³/mol. The Balaban J connectivity index is 1.48. The van der Waals surface area contributed by atoms with Gasteiger partial charge in [-0.1, -0.05) is 6.92 Å². The molecule has 0 spiro atoms. The van der Waals surface area contributed by atoms with E-state index in [0.29, 0.717) is 31.9 Å². The fourth-order valence-corrected chi connectivity index (χ4v) is 3.57. The summed E-state index contributed by atoms with van der Waals surface area (Å²) in [6, 6.07) is 3.41. The average molecular weight is 363 g/mol. The number of furan rings is 1. The zero-order valence-electron chi connectivity index (χ0n) is 15.7. The van der Waals surface area contributed by atoms with E-state index in [4.69, 9.17) is 9.15 Å². The summed E-state index contributed by atoms with van der Waals surface area (Å²) in [6.07, 6.45) is 2.75. The highest BCUT2D eigenvalue weighted by molar-refractivity contribution is 5.92. The number of piperidine rings is 1. The molecule has 2 aliphatic rings. The number of nitrogens with zero attached hydrogens (tertiary/aromatic N) is 2. The minimum Gasteiger partial charge on any atom is -0.455 e. The number of amides is 2. The second-order valence-electron chi connectivity index (χ2n) is 7.43. The molecule has 7 heteroatoms.